The summed E-state index contributed by atoms with van der Waals surface area (Å²) in [6.45, 7) is 3.89. The molecule has 0 saturated heterocycles. The third-order valence-corrected chi connectivity index (χ3v) is 6.30. The van der Waals surface area contributed by atoms with E-state index in [4.69, 9.17) is 16.6 Å². The number of carbonyl (C=O) groups excluding carboxylic acids is 1. The van der Waals surface area contributed by atoms with Gasteiger partial charge in [-0.05, 0) is 55.7 Å². The summed E-state index contributed by atoms with van der Waals surface area (Å²) in [7, 11) is -1.63. The first-order valence-electron chi connectivity index (χ1n) is 11.4. The Morgan fingerprint density at radius 3 is 2.58 bits per heavy atom. The van der Waals surface area contributed by atoms with Gasteiger partial charge in [0.1, 0.15) is 11.9 Å². The molecule has 0 saturated carbocycles. The molecule has 3 aromatic carbocycles. The lowest BCUT2D eigenvalue weighted by Crippen LogP contribution is -2.30. The highest BCUT2D eigenvalue weighted by Gasteiger charge is 2.30. The number of fused-ring (bicyclic) bond motifs is 3. The van der Waals surface area contributed by atoms with Crippen molar-refractivity contribution in [2.45, 2.75) is 26.3 Å². The van der Waals surface area contributed by atoms with Crippen molar-refractivity contribution in [1.82, 2.24) is 14.8 Å². The van der Waals surface area contributed by atoms with Gasteiger partial charge in [-0.2, -0.15) is 0 Å². The van der Waals surface area contributed by atoms with E-state index in [1.165, 1.54) is 6.07 Å². The zero-order valence-corrected chi connectivity index (χ0v) is 20.4. The van der Waals surface area contributed by atoms with Crippen LogP contribution in [0.2, 0.25) is 5.02 Å². The molecule has 180 valence electrons. The maximum absolute atomic E-state index is 13.1. The minimum atomic E-state index is -1.63. The first kappa shape index (κ1) is 23.9. The van der Waals surface area contributed by atoms with Crippen LogP contribution in [0, 0.1) is 13.8 Å². The van der Waals surface area contributed by atoms with Gasteiger partial charge in [0.05, 0.1) is 17.8 Å². The molecule has 1 amide bonds. The molecule has 3 N–H and O–H groups in total. The van der Waals surface area contributed by atoms with E-state index in [1.807, 2.05) is 54.8 Å². The van der Waals surface area contributed by atoms with Crippen LogP contribution < -0.4 is 10.8 Å². The van der Waals surface area contributed by atoms with E-state index >= 15 is 0 Å². The maximum Gasteiger partial charge on any atom is 0.488 e. The van der Waals surface area contributed by atoms with Crippen LogP contribution in [-0.2, 0) is 4.79 Å². The minimum absolute atomic E-state index is 0.00804. The monoisotopic (exact) mass is 499 g/mol. The van der Waals surface area contributed by atoms with Crippen molar-refractivity contribution in [1.29, 1.82) is 0 Å². The molecule has 1 aliphatic heterocycles. The van der Waals surface area contributed by atoms with Crippen LogP contribution >= 0.6 is 11.6 Å². The van der Waals surface area contributed by atoms with E-state index < -0.39 is 13.2 Å². The molecule has 10 heteroatoms. The summed E-state index contributed by atoms with van der Waals surface area (Å²) in [6, 6.07) is 19.4. The third-order valence-electron chi connectivity index (χ3n) is 6.05. The van der Waals surface area contributed by atoms with Crippen LogP contribution in [-0.4, -0.2) is 43.5 Å². The second-order valence-electron chi connectivity index (χ2n) is 8.71. The van der Waals surface area contributed by atoms with Crippen molar-refractivity contribution in [3.8, 4) is 5.69 Å². The van der Waals surface area contributed by atoms with Crippen LogP contribution in [0.15, 0.2) is 71.7 Å². The van der Waals surface area contributed by atoms with Gasteiger partial charge < -0.3 is 15.4 Å². The van der Waals surface area contributed by atoms with Gasteiger partial charge in [0.25, 0.3) is 0 Å². The molecule has 1 atom stereocenters. The smallest absolute Gasteiger partial charge is 0.423 e. The molecule has 4 aromatic rings. The van der Waals surface area contributed by atoms with Gasteiger partial charge in [-0.3, -0.25) is 14.4 Å². The Morgan fingerprint density at radius 1 is 1.06 bits per heavy atom. The lowest BCUT2D eigenvalue weighted by atomic mass is 9.80. The predicted octanol–water partition coefficient (Wildman–Crippen LogP) is 3.14. The number of hydrogen-bond acceptors (Lipinski definition) is 6. The molecule has 0 fully saturated rings. The molecule has 8 nitrogen and oxygen atoms in total. The topological polar surface area (TPSA) is 113 Å². The molecule has 2 heterocycles. The molecule has 0 radical (unpaired) electrons. The highest BCUT2D eigenvalue weighted by Crippen LogP contribution is 2.33. The number of nitrogens with zero attached hydrogens (tertiary/aromatic N) is 4. The number of amides is 1. The zero-order chi connectivity index (χ0) is 25.4. The highest BCUT2D eigenvalue weighted by molar-refractivity contribution is 6.58. The third kappa shape index (κ3) is 4.68. The fourth-order valence-electron chi connectivity index (χ4n) is 4.35. The van der Waals surface area contributed by atoms with E-state index in [0.29, 0.717) is 22.4 Å². The number of carbonyl (C=O) groups is 1. The van der Waals surface area contributed by atoms with Gasteiger partial charge >= 0.3 is 7.12 Å². The lowest BCUT2D eigenvalue weighted by molar-refractivity contribution is -0.116. The van der Waals surface area contributed by atoms with Crippen molar-refractivity contribution >= 4 is 41.5 Å². The van der Waals surface area contributed by atoms with Gasteiger partial charge in [-0.25, -0.2) is 0 Å². The summed E-state index contributed by atoms with van der Waals surface area (Å²) in [4.78, 5) is 18.2. The Labute approximate surface area is 213 Å². The Bertz CT molecular complexity index is 1480. The SMILES string of the molecule is Cc1ccc2c(c1)C(c1ccc(Cl)cc1)=N[C@@H](CC(=O)Nc1cccc(B(O)O)c1)c1nnc(C)n1-2. The number of hydrogen-bond donors (Lipinski definition) is 3. The van der Waals surface area contributed by atoms with E-state index in [1.54, 1.807) is 18.2 Å². The molecule has 0 aliphatic carbocycles. The summed E-state index contributed by atoms with van der Waals surface area (Å²) in [6.07, 6.45) is 0.00804. The van der Waals surface area contributed by atoms with Gasteiger partial charge in [-0.15, -0.1) is 10.2 Å². The standard InChI is InChI=1S/C26H23BClN5O3/c1-15-6-11-23-21(12-15)25(17-7-9-19(28)10-8-17)30-22(26-32-31-16(2)33(23)26)14-24(34)29-20-5-3-4-18(13-20)27(35)36/h3-13,22,35-36H,14H2,1-2H3,(H,29,34)/t22-/m0/s1. The summed E-state index contributed by atoms with van der Waals surface area (Å²) in [5.41, 5.74) is 5.22. The second-order valence-corrected chi connectivity index (χ2v) is 9.15. The molecule has 0 unspecified atom stereocenters. The number of rotatable bonds is 5. The number of aromatic nitrogens is 3. The average Bonchev–Trinajstić information content (AvgIpc) is 3.17. The summed E-state index contributed by atoms with van der Waals surface area (Å²) < 4.78 is 1.95. The second kappa shape index (κ2) is 9.70. The molecule has 5 rings (SSSR count). The van der Waals surface area contributed by atoms with Crippen LogP contribution in [0.1, 0.15) is 40.8 Å². The average molecular weight is 500 g/mol. The fraction of sp³-hybridized carbons (Fsp3) is 0.154. The van der Waals surface area contributed by atoms with Gasteiger partial charge in [0.15, 0.2) is 5.82 Å². The maximum atomic E-state index is 13.1. The molecule has 0 spiro atoms. The largest absolute Gasteiger partial charge is 0.488 e. The minimum Gasteiger partial charge on any atom is -0.423 e. The van der Waals surface area contributed by atoms with Crippen LogP contribution in [0.25, 0.3) is 5.69 Å². The van der Waals surface area contributed by atoms with E-state index in [9.17, 15) is 14.8 Å². The van der Waals surface area contributed by atoms with E-state index in [-0.39, 0.29) is 17.8 Å². The number of nitrogens with one attached hydrogen (secondary N) is 1. The van der Waals surface area contributed by atoms with Crippen LogP contribution in [0.5, 0.6) is 0 Å². The molecule has 1 aliphatic rings. The lowest BCUT2D eigenvalue weighted by Gasteiger charge is -2.13. The summed E-state index contributed by atoms with van der Waals surface area (Å²) in [5, 5.41) is 31.0. The van der Waals surface area contributed by atoms with Gasteiger partial charge in [0, 0.05) is 21.8 Å². The Morgan fingerprint density at radius 2 is 1.83 bits per heavy atom. The number of anilines is 1. The fourth-order valence-corrected chi connectivity index (χ4v) is 4.48. The van der Waals surface area contributed by atoms with Crippen molar-refractivity contribution in [3.63, 3.8) is 0 Å². The van der Waals surface area contributed by atoms with E-state index in [0.717, 1.165) is 28.1 Å². The van der Waals surface area contributed by atoms with Crippen LogP contribution in [0.4, 0.5) is 5.69 Å². The number of aryl methyl sites for hydroxylation is 2. The summed E-state index contributed by atoms with van der Waals surface area (Å²) >= 11 is 6.14. The molecule has 36 heavy (non-hydrogen) atoms. The predicted molar refractivity (Wildman–Crippen MR) is 140 cm³/mol. The number of aliphatic imine (C=N–C) groups is 1. The van der Waals surface area contributed by atoms with Crippen molar-refractivity contribution in [2.75, 3.05) is 5.32 Å². The van der Waals surface area contributed by atoms with Crippen molar-refractivity contribution in [2.24, 2.45) is 4.99 Å². The van der Waals surface area contributed by atoms with Gasteiger partial charge in [-0.1, -0.05) is 47.5 Å². The molecular formula is C26H23BClN5O3. The number of halogens is 1. The summed E-state index contributed by atoms with van der Waals surface area (Å²) in [5.74, 6) is 0.965. The van der Waals surface area contributed by atoms with Crippen molar-refractivity contribution < 1.29 is 14.8 Å². The highest BCUT2D eigenvalue weighted by atomic mass is 35.5. The zero-order valence-electron chi connectivity index (χ0n) is 19.7. The first-order valence-corrected chi connectivity index (χ1v) is 11.8. The molecular weight excluding hydrogens is 477 g/mol. The molecule has 1 aromatic heterocycles. The van der Waals surface area contributed by atoms with E-state index in [2.05, 4.69) is 21.6 Å². The quantitative estimate of drug-likeness (QED) is 0.365. The number of benzene rings is 3. The first-order chi connectivity index (χ1) is 17.3. The Balaban J connectivity index is 1.57. The van der Waals surface area contributed by atoms with Gasteiger partial charge in [0.2, 0.25) is 5.91 Å². The Kier molecular flexibility index (Phi) is 6.45. The van der Waals surface area contributed by atoms with Crippen LogP contribution in [0.3, 0.4) is 0 Å². The van der Waals surface area contributed by atoms with Crippen molar-refractivity contribution in [3.05, 3.63) is 100 Å². The Hall–Kier alpha value is -3.79. The molecule has 0 bridgehead atoms. The normalized spacial score (nSPS) is 14.4.